The maximum absolute atomic E-state index is 8.95. The van der Waals surface area contributed by atoms with E-state index in [1.807, 2.05) is 0 Å². The van der Waals surface area contributed by atoms with Crippen LogP contribution in [-0.2, 0) is 9.16 Å². The Kier molecular flexibility index (Phi) is 5.18. The topological polar surface area (TPSA) is 38.7 Å². The molecule has 1 aliphatic heterocycles. The molecule has 1 N–H and O–H groups in total. The Balaban J connectivity index is 2.44. The Bertz CT molecular complexity index is 294. The van der Waals surface area contributed by atoms with Gasteiger partial charge >= 0.3 is 0 Å². The summed E-state index contributed by atoms with van der Waals surface area (Å²) in [6, 6.07) is 0. The van der Waals surface area contributed by atoms with E-state index in [-0.39, 0.29) is 23.9 Å². The molecule has 0 radical (unpaired) electrons. The van der Waals surface area contributed by atoms with Crippen LogP contribution in [0.15, 0.2) is 12.2 Å². The van der Waals surface area contributed by atoms with Gasteiger partial charge in [0.15, 0.2) is 8.32 Å². The van der Waals surface area contributed by atoms with Crippen molar-refractivity contribution in [1.82, 2.24) is 0 Å². The lowest BCUT2D eigenvalue weighted by Crippen LogP contribution is -2.42. The molecule has 3 nitrogen and oxygen atoms in total. The minimum absolute atomic E-state index is 0.0167. The largest absolute Gasteiger partial charge is 0.414 e. The second kappa shape index (κ2) is 5.86. The van der Waals surface area contributed by atoms with E-state index in [9.17, 15) is 0 Å². The molecular weight excluding hydrogens is 244 g/mol. The molecule has 0 aromatic heterocycles. The fourth-order valence-corrected chi connectivity index (χ4v) is 2.84. The zero-order valence-electron chi connectivity index (χ0n) is 12.5. The van der Waals surface area contributed by atoms with Crippen LogP contribution in [0.1, 0.15) is 33.6 Å². The second-order valence-electron chi connectivity index (χ2n) is 6.69. The molecule has 1 fully saturated rings. The minimum atomic E-state index is -1.69. The summed E-state index contributed by atoms with van der Waals surface area (Å²) in [4.78, 5) is 0. The molecule has 1 heterocycles. The standard InChI is InChI=1S/C14H28O3Si/c1-11-9-12(17-13(11)7-8-15)10-16-18(5,6)14(2,3)4/h12-13,15H,1,7-10H2,2-6H3/t12-,13+/m1/s1. The van der Waals surface area contributed by atoms with Crippen molar-refractivity contribution in [3.8, 4) is 0 Å². The molecule has 0 saturated carbocycles. The summed E-state index contributed by atoms with van der Waals surface area (Å²) in [5.41, 5.74) is 1.09. The van der Waals surface area contributed by atoms with Gasteiger partial charge in [0.25, 0.3) is 0 Å². The lowest BCUT2D eigenvalue weighted by Gasteiger charge is -2.36. The molecule has 0 spiro atoms. The van der Waals surface area contributed by atoms with Crippen molar-refractivity contribution in [2.45, 2.75) is 64.0 Å². The van der Waals surface area contributed by atoms with Gasteiger partial charge in [-0.1, -0.05) is 27.4 Å². The molecule has 1 rings (SSSR count). The third-order valence-corrected chi connectivity index (χ3v) is 8.63. The van der Waals surface area contributed by atoms with E-state index in [0.29, 0.717) is 13.0 Å². The number of rotatable bonds is 5. The minimum Gasteiger partial charge on any atom is -0.414 e. The summed E-state index contributed by atoms with van der Waals surface area (Å²) in [5.74, 6) is 0. The summed E-state index contributed by atoms with van der Waals surface area (Å²) < 4.78 is 12.0. The van der Waals surface area contributed by atoms with Gasteiger partial charge in [-0.15, -0.1) is 0 Å². The number of hydrogen-bond donors (Lipinski definition) is 1. The first-order chi connectivity index (χ1) is 8.17. The third kappa shape index (κ3) is 3.92. The van der Waals surface area contributed by atoms with Crippen molar-refractivity contribution >= 4 is 8.32 Å². The van der Waals surface area contributed by atoms with E-state index in [0.717, 1.165) is 12.0 Å². The molecule has 4 heteroatoms. The summed E-state index contributed by atoms with van der Waals surface area (Å²) in [7, 11) is -1.69. The highest BCUT2D eigenvalue weighted by Crippen LogP contribution is 2.37. The van der Waals surface area contributed by atoms with Gasteiger partial charge in [-0.25, -0.2) is 0 Å². The Morgan fingerprint density at radius 1 is 1.44 bits per heavy atom. The number of aliphatic hydroxyl groups excluding tert-OH is 1. The first kappa shape index (κ1) is 15.9. The molecular formula is C14H28O3Si. The number of ether oxygens (including phenoxy) is 1. The van der Waals surface area contributed by atoms with E-state index in [1.165, 1.54) is 0 Å². The fraction of sp³-hybridized carbons (Fsp3) is 0.857. The highest BCUT2D eigenvalue weighted by Gasteiger charge is 2.38. The third-order valence-electron chi connectivity index (χ3n) is 4.13. The van der Waals surface area contributed by atoms with Gasteiger partial charge in [-0.2, -0.15) is 0 Å². The van der Waals surface area contributed by atoms with Gasteiger partial charge in [-0.05, 0) is 30.1 Å². The first-order valence-corrected chi connectivity index (χ1v) is 9.66. The van der Waals surface area contributed by atoms with Crippen LogP contribution in [0.2, 0.25) is 18.1 Å². The van der Waals surface area contributed by atoms with Crippen LogP contribution in [0.5, 0.6) is 0 Å². The number of hydrogen-bond acceptors (Lipinski definition) is 3. The van der Waals surface area contributed by atoms with E-state index in [1.54, 1.807) is 0 Å². The molecule has 1 saturated heterocycles. The fourth-order valence-electron chi connectivity index (χ4n) is 1.81. The van der Waals surface area contributed by atoms with E-state index in [4.69, 9.17) is 14.3 Å². The molecule has 0 aromatic rings. The van der Waals surface area contributed by atoms with Gasteiger partial charge in [-0.3, -0.25) is 0 Å². The number of aliphatic hydroxyl groups is 1. The zero-order valence-corrected chi connectivity index (χ0v) is 13.5. The molecule has 0 aromatic carbocycles. The maximum atomic E-state index is 8.95. The molecule has 0 amide bonds. The van der Waals surface area contributed by atoms with Gasteiger partial charge in [0.2, 0.25) is 0 Å². The monoisotopic (exact) mass is 272 g/mol. The van der Waals surface area contributed by atoms with Crippen LogP contribution in [-0.4, -0.2) is 38.8 Å². The highest BCUT2D eigenvalue weighted by molar-refractivity contribution is 6.74. The predicted molar refractivity (Wildman–Crippen MR) is 77.3 cm³/mol. The first-order valence-electron chi connectivity index (χ1n) is 6.75. The van der Waals surface area contributed by atoms with Gasteiger partial charge in [0.1, 0.15) is 0 Å². The lowest BCUT2D eigenvalue weighted by atomic mass is 10.1. The van der Waals surface area contributed by atoms with Crippen molar-refractivity contribution in [3.63, 3.8) is 0 Å². The van der Waals surface area contributed by atoms with Crippen LogP contribution in [0.4, 0.5) is 0 Å². The van der Waals surface area contributed by atoms with Crippen LogP contribution >= 0.6 is 0 Å². The van der Waals surface area contributed by atoms with Crippen LogP contribution in [0.25, 0.3) is 0 Å². The normalized spacial score (nSPS) is 25.8. The Morgan fingerprint density at radius 3 is 2.56 bits per heavy atom. The molecule has 18 heavy (non-hydrogen) atoms. The predicted octanol–water partition coefficient (Wildman–Crippen LogP) is 3.10. The Morgan fingerprint density at radius 2 is 2.06 bits per heavy atom. The molecule has 1 aliphatic rings. The Hall–Kier alpha value is -0.163. The lowest BCUT2D eigenvalue weighted by molar-refractivity contribution is 0.0104. The summed E-state index contributed by atoms with van der Waals surface area (Å²) >= 11 is 0. The highest BCUT2D eigenvalue weighted by atomic mass is 28.4. The van der Waals surface area contributed by atoms with Crippen LogP contribution < -0.4 is 0 Å². The van der Waals surface area contributed by atoms with Crippen molar-refractivity contribution in [1.29, 1.82) is 0 Å². The Labute approximate surface area is 112 Å². The van der Waals surface area contributed by atoms with Crippen LogP contribution in [0.3, 0.4) is 0 Å². The van der Waals surface area contributed by atoms with Crippen molar-refractivity contribution in [2.24, 2.45) is 0 Å². The second-order valence-corrected chi connectivity index (χ2v) is 11.5. The van der Waals surface area contributed by atoms with Crippen LogP contribution in [0, 0.1) is 0 Å². The quantitative estimate of drug-likeness (QED) is 0.617. The SMILES string of the molecule is C=C1C[C@H](CO[Si](C)(C)C(C)(C)C)O[C@H]1CCO. The average Bonchev–Trinajstić information content (AvgIpc) is 2.56. The molecule has 0 unspecified atom stereocenters. The smallest absolute Gasteiger partial charge is 0.192 e. The summed E-state index contributed by atoms with van der Waals surface area (Å²) in [5, 5.41) is 9.18. The average molecular weight is 272 g/mol. The van der Waals surface area contributed by atoms with Crippen molar-refractivity contribution < 1.29 is 14.3 Å². The van der Waals surface area contributed by atoms with Crippen molar-refractivity contribution in [2.75, 3.05) is 13.2 Å². The van der Waals surface area contributed by atoms with E-state index >= 15 is 0 Å². The molecule has 106 valence electrons. The van der Waals surface area contributed by atoms with Gasteiger partial charge < -0.3 is 14.3 Å². The van der Waals surface area contributed by atoms with Crippen molar-refractivity contribution in [3.05, 3.63) is 12.2 Å². The molecule has 2 atom stereocenters. The maximum Gasteiger partial charge on any atom is 0.192 e. The van der Waals surface area contributed by atoms with E-state index in [2.05, 4.69) is 40.4 Å². The summed E-state index contributed by atoms with van der Waals surface area (Å²) in [6.45, 7) is 16.0. The summed E-state index contributed by atoms with van der Waals surface area (Å²) in [6.07, 6.45) is 1.64. The van der Waals surface area contributed by atoms with Gasteiger partial charge in [0.05, 0.1) is 18.8 Å². The molecule has 0 bridgehead atoms. The van der Waals surface area contributed by atoms with E-state index < -0.39 is 8.32 Å². The molecule has 0 aliphatic carbocycles. The zero-order chi connectivity index (χ0) is 14.0. The van der Waals surface area contributed by atoms with Gasteiger partial charge in [0, 0.05) is 13.0 Å².